The molecule has 0 aromatic heterocycles. The van der Waals surface area contributed by atoms with Crippen LogP contribution in [0.4, 0.5) is 34.1 Å². The van der Waals surface area contributed by atoms with Crippen LogP contribution in [0.2, 0.25) is 0 Å². The molecule has 6 aliphatic rings. The second kappa shape index (κ2) is 14.4. The molecule has 0 N–H and O–H groups in total. The molecule has 2 nitrogen and oxygen atoms in total. The van der Waals surface area contributed by atoms with Crippen molar-refractivity contribution in [1.29, 1.82) is 0 Å². The van der Waals surface area contributed by atoms with Gasteiger partial charge < -0.3 is 9.80 Å². The van der Waals surface area contributed by atoms with Gasteiger partial charge in [0.15, 0.2) is 0 Å². The highest BCUT2D eigenvalue weighted by molar-refractivity contribution is 7.00. The van der Waals surface area contributed by atoms with Crippen molar-refractivity contribution < 1.29 is 4.11 Å². The molecule has 0 atom stereocenters. The van der Waals surface area contributed by atoms with Gasteiger partial charge in [0, 0.05) is 38.0 Å². The van der Waals surface area contributed by atoms with Crippen molar-refractivity contribution in [3.8, 4) is 11.1 Å². The molecule has 4 aliphatic carbocycles. The minimum Gasteiger partial charge on any atom is -0.311 e. The minimum absolute atomic E-state index is 0.00558. The predicted octanol–water partition coefficient (Wildman–Crippen LogP) is 16.7. The van der Waals surface area contributed by atoms with Gasteiger partial charge >= 0.3 is 0 Å². The molecule has 0 spiro atoms. The largest absolute Gasteiger partial charge is 0.311 e. The third-order valence-corrected chi connectivity index (χ3v) is 19.9. The van der Waals surface area contributed by atoms with Gasteiger partial charge in [-0.05, 0) is 209 Å². The molecule has 0 fully saturated rings. The molecule has 0 bridgehead atoms. The Bertz CT molecular complexity index is 3420. The average molecular weight is 940 g/mol. The summed E-state index contributed by atoms with van der Waals surface area (Å²) in [4.78, 5) is 5.08. The fraction of sp³-hybridized carbons (Fsp3) is 0.471. The smallest absolute Gasteiger partial charge is 0.252 e. The van der Waals surface area contributed by atoms with Crippen LogP contribution >= 0.6 is 0 Å². The van der Waals surface area contributed by atoms with Gasteiger partial charge in [0.25, 0.3) is 6.71 Å². The normalized spacial score (nSPS) is 22.3. The van der Waals surface area contributed by atoms with Crippen LogP contribution < -0.4 is 26.2 Å². The molecular formula is C68H81BN2. The zero-order valence-corrected chi connectivity index (χ0v) is 46.4. The maximum atomic E-state index is 9.36. The lowest BCUT2D eigenvalue weighted by atomic mass is 9.32. The van der Waals surface area contributed by atoms with Crippen LogP contribution in [0.5, 0.6) is 0 Å². The van der Waals surface area contributed by atoms with Gasteiger partial charge in [0.1, 0.15) is 0 Å². The molecule has 0 saturated carbocycles. The van der Waals surface area contributed by atoms with Crippen LogP contribution in [0, 0.1) is 6.85 Å². The Morgan fingerprint density at radius 1 is 0.437 bits per heavy atom. The van der Waals surface area contributed by atoms with Gasteiger partial charge in [0.05, 0.1) is 5.69 Å². The first-order valence-electron chi connectivity index (χ1n) is 28.8. The molecule has 366 valence electrons. The molecule has 0 amide bonds. The first kappa shape index (κ1) is 43.6. The monoisotopic (exact) mass is 940 g/mol. The molecule has 12 rings (SSSR count). The quantitative estimate of drug-likeness (QED) is 0.159. The molecule has 0 saturated heterocycles. The highest BCUT2D eigenvalue weighted by Gasteiger charge is 2.50. The van der Waals surface area contributed by atoms with Crippen molar-refractivity contribution in [2.75, 3.05) is 9.80 Å². The number of benzene rings is 6. The molecule has 71 heavy (non-hydrogen) atoms. The summed E-state index contributed by atoms with van der Waals surface area (Å²) in [7, 11) is 0. The molecule has 2 heterocycles. The predicted molar refractivity (Wildman–Crippen MR) is 307 cm³/mol. The number of anilines is 6. The fourth-order valence-electron chi connectivity index (χ4n) is 14.9. The first-order chi connectivity index (χ1) is 34.2. The van der Waals surface area contributed by atoms with Gasteiger partial charge in [-0.1, -0.05) is 166 Å². The van der Waals surface area contributed by atoms with Crippen LogP contribution in [-0.2, 0) is 43.3 Å². The Hall–Kier alpha value is -5.02. The van der Waals surface area contributed by atoms with Crippen LogP contribution in [0.15, 0.2) is 91.0 Å². The number of rotatable bonds is 2. The first-order valence-corrected chi connectivity index (χ1v) is 27.3. The van der Waals surface area contributed by atoms with Crippen molar-refractivity contribution in [2.45, 2.75) is 206 Å². The van der Waals surface area contributed by atoms with E-state index in [-0.39, 0.29) is 50.0 Å². The summed E-state index contributed by atoms with van der Waals surface area (Å²) < 4.78 is 28.1. The molecular weight excluding hydrogens is 856 g/mol. The molecule has 0 unspecified atom stereocenters. The van der Waals surface area contributed by atoms with Crippen molar-refractivity contribution in [2.24, 2.45) is 0 Å². The van der Waals surface area contributed by atoms with Gasteiger partial charge in [-0.15, -0.1) is 0 Å². The maximum absolute atomic E-state index is 9.36. The van der Waals surface area contributed by atoms with Crippen LogP contribution in [0.3, 0.4) is 0 Å². The Morgan fingerprint density at radius 3 is 1.44 bits per heavy atom. The van der Waals surface area contributed by atoms with E-state index in [9.17, 15) is 4.11 Å². The third-order valence-electron chi connectivity index (χ3n) is 19.9. The standard InChI is InChI=1S/C68H81BN2/c1-40-32-57-60-58(33-40)71(54-21-19-20-44-43-24-22-41(61(2,3)4)34-46(43)68(17,18)59(44)54)56-39-51-49(65(11,12)29-31-67(51,15)16)37-53(56)69(60)52-36-48-50(66(13,14)30-28-64(48,9)10)38-55(52)70(57)42-23-25-45-47(35-42)63(7,8)27-26-62(45,5)6/h19-25,32-39H,26-31H2,1-18H3/i1D3. The second-order valence-corrected chi connectivity index (χ2v) is 28.8. The van der Waals surface area contributed by atoms with E-state index in [0.29, 0.717) is 5.56 Å². The maximum Gasteiger partial charge on any atom is 0.252 e. The Morgan fingerprint density at radius 2 is 0.915 bits per heavy atom. The minimum atomic E-state index is -2.37. The highest BCUT2D eigenvalue weighted by Crippen LogP contribution is 2.58. The van der Waals surface area contributed by atoms with Gasteiger partial charge in [-0.3, -0.25) is 0 Å². The summed E-state index contributed by atoms with van der Waals surface area (Å²) in [5.74, 6) is 0. The van der Waals surface area contributed by atoms with Crippen molar-refractivity contribution >= 4 is 57.2 Å². The SMILES string of the molecule is [2H]C([2H])([2H])c1cc2c3c(c1)N(c1cccc4c1C(C)(C)c1cc(C(C)(C)C)ccc1-4)c1cc4c(cc1B3c1cc3c(cc1N2c1ccc2c(c1)C(C)(C)CCC2(C)C)C(C)(C)CCC3(C)C)C(C)(C)CCC4(C)C. The lowest BCUT2D eigenvalue weighted by Gasteiger charge is -2.49. The van der Waals surface area contributed by atoms with E-state index >= 15 is 0 Å². The van der Waals surface area contributed by atoms with E-state index in [0.717, 1.165) is 61.3 Å². The van der Waals surface area contributed by atoms with E-state index in [1.165, 1.54) is 89.0 Å². The Balaban J connectivity index is 1.24. The number of aryl methyl sites for hydroxylation is 1. The van der Waals surface area contributed by atoms with Gasteiger partial charge in [-0.2, -0.15) is 0 Å². The topological polar surface area (TPSA) is 6.48 Å². The molecule has 6 aromatic rings. The van der Waals surface area contributed by atoms with Gasteiger partial charge in [0.2, 0.25) is 0 Å². The summed E-state index contributed by atoms with van der Waals surface area (Å²) in [6.45, 7) is 38.5. The van der Waals surface area contributed by atoms with Crippen molar-refractivity contribution in [3.63, 3.8) is 0 Å². The number of hydrogen-bond acceptors (Lipinski definition) is 2. The Kier molecular flexibility index (Phi) is 8.83. The molecule has 0 radical (unpaired) electrons. The summed E-state index contributed by atoms with van der Waals surface area (Å²) in [6.07, 6.45) is 6.69. The lowest BCUT2D eigenvalue weighted by molar-refractivity contribution is 0.332. The lowest BCUT2D eigenvalue weighted by Crippen LogP contribution is -2.62. The van der Waals surface area contributed by atoms with Crippen LogP contribution in [-0.4, -0.2) is 6.71 Å². The highest BCUT2D eigenvalue weighted by atomic mass is 15.2. The van der Waals surface area contributed by atoms with Crippen LogP contribution in [0.1, 0.15) is 216 Å². The third kappa shape index (κ3) is 6.58. The number of nitrogens with zero attached hydrogens (tertiary/aromatic N) is 2. The summed E-state index contributed by atoms with van der Waals surface area (Å²) in [6, 6.07) is 35.9. The van der Waals surface area contributed by atoms with E-state index in [1.807, 2.05) is 0 Å². The molecule has 6 aromatic carbocycles. The number of hydrogen-bond donors (Lipinski definition) is 0. The van der Waals surface area contributed by atoms with Crippen molar-refractivity contribution in [3.05, 3.63) is 147 Å². The van der Waals surface area contributed by atoms with Crippen molar-refractivity contribution in [1.82, 2.24) is 0 Å². The average Bonchev–Trinajstić information content (AvgIpc) is 3.55. The molecule has 3 heteroatoms. The summed E-state index contributed by atoms with van der Waals surface area (Å²) >= 11 is 0. The fourth-order valence-corrected chi connectivity index (χ4v) is 14.9. The van der Waals surface area contributed by atoms with E-state index in [2.05, 4.69) is 218 Å². The van der Waals surface area contributed by atoms with Crippen LogP contribution in [0.25, 0.3) is 11.1 Å². The van der Waals surface area contributed by atoms with E-state index in [1.54, 1.807) is 0 Å². The van der Waals surface area contributed by atoms with Gasteiger partial charge in [-0.25, -0.2) is 0 Å². The number of fused-ring (bicyclic) bond motifs is 10. The van der Waals surface area contributed by atoms with E-state index < -0.39 is 6.85 Å². The zero-order valence-electron chi connectivity index (χ0n) is 49.4. The Labute approximate surface area is 433 Å². The molecule has 2 aliphatic heterocycles. The summed E-state index contributed by atoms with van der Waals surface area (Å²) in [5.41, 5.74) is 25.3. The second-order valence-electron chi connectivity index (χ2n) is 28.8. The zero-order chi connectivity index (χ0) is 53.2. The summed E-state index contributed by atoms with van der Waals surface area (Å²) in [5, 5.41) is 0. The van der Waals surface area contributed by atoms with E-state index in [4.69, 9.17) is 0 Å².